The minimum absolute atomic E-state index is 0.172. The van der Waals surface area contributed by atoms with Crippen LogP contribution in [0.2, 0.25) is 0 Å². The number of nitrogens with one attached hydrogen (secondary N) is 2. The monoisotopic (exact) mass is 246 g/mol. The Labute approximate surface area is 104 Å². The largest absolute Gasteiger partial charge is 0.383 e. The normalized spacial score (nSPS) is 13.5. The van der Waals surface area contributed by atoms with Crippen molar-refractivity contribution in [3.63, 3.8) is 0 Å². The maximum Gasteiger partial charge on any atom is 0.206 e. The summed E-state index contributed by atoms with van der Waals surface area (Å²) in [6.07, 6.45) is 1.94. The third-order valence-corrected chi connectivity index (χ3v) is 2.00. The van der Waals surface area contributed by atoms with Gasteiger partial charge in [0.2, 0.25) is 5.96 Å². The number of guanidine groups is 1. The number of nitrogens with two attached hydrogens (primary N) is 1. The number of methoxy groups -OCH3 is 1. The molecule has 0 aromatic heterocycles. The highest BCUT2D eigenvalue weighted by atomic mass is 16.5. The summed E-state index contributed by atoms with van der Waals surface area (Å²) in [5.74, 6) is 5.95. The van der Waals surface area contributed by atoms with Gasteiger partial charge in [-0.3, -0.25) is 10.4 Å². The van der Waals surface area contributed by atoms with Crippen LogP contribution in [-0.2, 0) is 9.47 Å². The van der Waals surface area contributed by atoms with Gasteiger partial charge in [0.05, 0.1) is 6.61 Å². The number of rotatable bonds is 9. The summed E-state index contributed by atoms with van der Waals surface area (Å²) < 4.78 is 10.4. The van der Waals surface area contributed by atoms with E-state index >= 15 is 0 Å². The minimum atomic E-state index is 0.172. The Morgan fingerprint density at radius 3 is 2.76 bits per heavy atom. The van der Waals surface area contributed by atoms with E-state index in [-0.39, 0.29) is 6.04 Å². The van der Waals surface area contributed by atoms with Crippen LogP contribution in [0, 0.1) is 0 Å². The van der Waals surface area contributed by atoms with E-state index in [1.54, 1.807) is 7.11 Å². The lowest BCUT2D eigenvalue weighted by molar-refractivity contribution is 0.134. The molecular weight excluding hydrogens is 220 g/mol. The van der Waals surface area contributed by atoms with Crippen LogP contribution in [0.15, 0.2) is 4.99 Å². The van der Waals surface area contributed by atoms with Gasteiger partial charge in [0.1, 0.15) is 0 Å². The summed E-state index contributed by atoms with van der Waals surface area (Å²) in [6, 6.07) is 0.172. The Morgan fingerprint density at radius 1 is 1.41 bits per heavy atom. The van der Waals surface area contributed by atoms with Crippen LogP contribution in [-0.4, -0.2) is 45.5 Å². The number of hydrogen-bond acceptors (Lipinski definition) is 4. The van der Waals surface area contributed by atoms with Crippen molar-refractivity contribution in [2.24, 2.45) is 10.8 Å². The van der Waals surface area contributed by atoms with Crippen LogP contribution in [0.5, 0.6) is 0 Å². The van der Waals surface area contributed by atoms with Crippen LogP contribution in [0.4, 0.5) is 0 Å². The summed E-state index contributed by atoms with van der Waals surface area (Å²) in [5, 5.41) is 3.12. The lowest BCUT2D eigenvalue weighted by atomic mass is 10.4. The third kappa shape index (κ3) is 10.0. The van der Waals surface area contributed by atoms with Gasteiger partial charge in [0.15, 0.2) is 0 Å². The molecule has 0 heterocycles. The Kier molecular flexibility index (Phi) is 11.0. The van der Waals surface area contributed by atoms with Crippen molar-refractivity contribution >= 4 is 5.96 Å². The first-order valence-corrected chi connectivity index (χ1v) is 6.08. The van der Waals surface area contributed by atoms with Crippen molar-refractivity contribution in [2.45, 2.75) is 32.7 Å². The predicted octanol–water partition coefficient (Wildman–Crippen LogP) is 0.247. The van der Waals surface area contributed by atoms with Crippen LogP contribution < -0.4 is 16.6 Å². The second kappa shape index (κ2) is 11.6. The molecule has 0 fully saturated rings. The van der Waals surface area contributed by atoms with E-state index in [9.17, 15) is 0 Å². The molecule has 0 rings (SSSR count). The molecule has 1 unspecified atom stereocenters. The number of ether oxygens (including phenoxy) is 2. The molecule has 0 spiro atoms. The van der Waals surface area contributed by atoms with Gasteiger partial charge in [-0.05, 0) is 19.8 Å². The average molecular weight is 246 g/mol. The van der Waals surface area contributed by atoms with Gasteiger partial charge in [-0.15, -0.1) is 0 Å². The number of nitrogens with zero attached hydrogens (tertiary/aromatic N) is 1. The smallest absolute Gasteiger partial charge is 0.206 e. The highest BCUT2D eigenvalue weighted by molar-refractivity contribution is 5.79. The highest BCUT2D eigenvalue weighted by Crippen LogP contribution is 1.87. The molecule has 0 bridgehead atoms. The van der Waals surface area contributed by atoms with Gasteiger partial charge < -0.3 is 14.8 Å². The fourth-order valence-electron chi connectivity index (χ4n) is 1.26. The maximum absolute atomic E-state index is 5.36. The van der Waals surface area contributed by atoms with Gasteiger partial charge in [0, 0.05) is 32.9 Å². The van der Waals surface area contributed by atoms with E-state index in [1.165, 1.54) is 0 Å². The van der Waals surface area contributed by atoms with Crippen molar-refractivity contribution < 1.29 is 9.47 Å². The SMILES string of the molecule is CCCOCCCN=C(NN)NC(C)COC. The molecule has 0 aliphatic heterocycles. The first-order chi connectivity index (χ1) is 8.24. The molecule has 0 aliphatic carbocycles. The Morgan fingerprint density at radius 2 is 2.18 bits per heavy atom. The summed E-state index contributed by atoms with van der Waals surface area (Å²) in [5.41, 5.74) is 2.54. The van der Waals surface area contributed by atoms with Crippen LogP contribution in [0.3, 0.4) is 0 Å². The fraction of sp³-hybridized carbons (Fsp3) is 0.909. The topological polar surface area (TPSA) is 80.9 Å². The Bertz CT molecular complexity index is 200. The summed E-state index contributed by atoms with van der Waals surface area (Å²) in [7, 11) is 1.66. The van der Waals surface area contributed by atoms with E-state index < -0.39 is 0 Å². The molecule has 0 aromatic rings. The number of hydrogen-bond donors (Lipinski definition) is 3. The lowest BCUT2D eigenvalue weighted by Crippen LogP contribution is -2.46. The molecule has 1 atom stereocenters. The molecule has 0 amide bonds. The second-order valence-corrected chi connectivity index (χ2v) is 3.84. The minimum Gasteiger partial charge on any atom is -0.383 e. The summed E-state index contributed by atoms with van der Waals surface area (Å²) >= 11 is 0. The predicted molar refractivity (Wildman–Crippen MR) is 69.8 cm³/mol. The van der Waals surface area contributed by atoms with Gasteiger partial charge >= 0.3 is 0 Å². The lowest BCUT2D eigenvalue weighted by Gasteiger charge is -2.15. The number of aliphatic imine (C=N–C) groups is 1. The van der Waals surface area contributed by atoms with E-state index in [1.807, 2.05) is 6.92 Å². The zero-order valence-electron chi connectivity index (χ0n) is 11.2. The molecule has 102 valence electrons. The number of hydrazine groups is 1. The molecule has 6 heteroatoms. The highest BCUT2D eigenvalue weighted by Gasteiger charge is 2.02. The molecule has 0 saturated heterocycles. The van der Waals surface area contributed by atoms with Crippen molar-refractivity contribution in [1.29, 1.82) is 0 Å². The van der Waals surface area contributed by atoms with Crippen LogP contribution in [0.1, 0.15) is 26.7 Å². The first-order valence-electron chi connectivity index (χ1n) is 6.08. The van der Waals surface area contributed by atoms with Crippen molar-refractivity contribution in [3.8, 4) is 0 Å². The second-order valence-electron chi connectivity index (χ2n) is 3.84. The summed E-state index contributed by atoms with van der Waals surface area (Å²) in [6.45, 7) is 6.95. The quantitative estimate of drug-likeness (QED) is 0.179. The molecular formula is C11H26N4O2. The van der Waals surface area contributed by atoms with Gasteiger partial charge in [-0.25, -0.2) is 5.84 Å². The van der Waals surface area contributed by atoms with Crippen molar-refractivity contribution in [1.82, 2.24) is 10.7 Å². The van der Waals surface area contributed by atoms with Crippen LogP contribution in [0.25, 0.3) is 0 Å². The Hall–Kier alpha value is -0.850. The van der Waals surface area contributed by atoms with Gasteiger partial charge in [0.25, 0.3) is 0 Å². The summed E-state index contributed by atoms with van der Waals surface area (Å²) in [4.78, 5) is 4.30. The van der Waals surface area contributed by atoms with Gasteiger partial charge in [-0.2, -0.15) is 0 Å². The molecule has 0 saturated carbocycles. The molecule has 0 radical (unpaired) electrons. The molecule has 17 heavy (non-hydrogen) atoms. The molecule has 6 nitrogen and oxygen atoms in total. The molecule has 0 aliphatic rings. The van der Waals surface area contributed by atoms with Crippen LogP contribution >= 0.6 is 0 Å². The van der Waals surface area contributed by atoms with Crippen molar-refractivity contribution in [3.05, 3.63) is 0 Å². The van der Waals surface area contributed by atoms with Crippen molar-refractivity contribution in [2.75, 3.05) is 33.5 Å². The van der Waals surface area contributed by atoms with E-state index in [4.69, 9.17) is 15.3 Å². The van der Waals surface area contributed by atoms with E-state index in [0.29, 0.717) is 19.1 Å². The van der Waals surface area contributed by atoms with E-state index in [0.717, 1.165) is 26.1 Å². The third-order valence-electron chi connectivity index (χ3n) is 2.00. The zero-order chi connectivity index (χ0) is 12.9. The standard InChI is InChI=1S/C11H26N4O2/c1-4-7-17-8-5-6-13-11(15-12)14-10(2)9-16-3/h10H,4-9,12H2,1-3H3,(H2,13,14,15). The molecule has 4 N–H and O–H groups in total. The maximum atomic E-state index is 5.36. The van der Waals surface area contributed by atoms with E-state index in [2.05, 4.69) is 22.7 Å². The fourth-order valence-corrected chi connectivity index (χ4v) is 1.26. The Balaban J connectivity index is 3.69. The average Bonchev–Trinajstić information content (AvgIpc) is 2.32. The van der Waals surface area contributed by atoms with Gasteiger partial charge in [-0.1, -0.05) is 6.92 Å². The molecule has 0 aromatic carbocycles. The first kappa shape index (κ1) is 16.1. The zero-order valence-corrected chi connectivity index (χ0v) is 11.2.